The normalized spacial score (nSPS) is 23.0. The lowest BCUT2D eigenvalue weighted by molar-refractivity contribution is 0.466. The molecule has 124 valence electrons. The second kappa shape index (κ2) is 5.74. The van der Waals surface area contributed by atoms with Gasteiger partial charge in [0.15, 0.2) is 5.82 Å². The van der Waals surface area contributed by atoms with E-state index >= 15 is 0 Å². The summed E-state index contributed by atoms with van der Waals surface area (Å²) in [5.41, 5.74) is 6.20. The molecule has 4 nitrogen and oxygen atoms in total. The molecular formula is C19H15FN4S. The van der Waals surface area contributed by atoms with Crippen molar-refractivity contribution in [1.82, 2.24) is 9.97 Å². The van der Waals surface area contributed by atoms with Gasteiger partial charge >= 0.3 is 0 Å². The molecule has 5 rings (SSSR count). The van der Waals surface area contributed by atoms with Crippen LogP contribution < -0.4 is 5.43 Å². The van der Waals surface area contributed by atoms with Crippen LogP contribution in [0.4, 0.5) is 10.2 Å². The fourth-order valence-electron chi connectivity index (χ4n) is 3.48. The Morgan fingerprint density at radius 2 is 2.08 bits per heavy atom. The molecule has 1 aromatic carbocycles. The van der Waals surface area contributed by atoms with E-state index in [4.69, 9.17) is 0 Å². The quantitative estimate of drug-likeness (QED) is 0.542. The highest BCUT2D eigenvalue weighted by molar-refractivity contribution is 7.22. The minimum Gasteiger partial charge on any atom is -0.260 e. The van der Waals surface area contributed by atoms with Gasteiger partial charge in [0.25, 0.3) is 0 Å². The molecule has 0 bridgehead atoms. The van der Waals surface area contributed by atoms with E-state index in [1.165, 1.54) is 17.8 Å². The first-order valence-corrected chi connectivity index (χ1v) is 9.09. The van der Waals surface area contributed by atoms with Crippen molar-refractivity contribution in [3.05, 3.63) is 54.6 Å². The van der Waals surface area contributed by atoms with Crippen molar-refractivity contribution in [2.24, 2.45) is 16.9 Å². The summed E-state index contributed by atoms with van der Waals surface area (Å²) in [6, 6.07) is 8.51. The SMILES string of the molecule is Fc1ccc(-c2cc3ncnc(N/N=C4/CC5C=CCC45)c3s2)cc1. The van der Waals surface area contributed by atoms with Gasteiger partial charge in [-0.3, -0.25) is 5.43 Å². The topological polar surface area (TPSA) is 50.2 Å². The molecule has 25 heavy (non-hydrogen) atoms. The average molecular weight is 350 g/mol. The molecule has 1 fully saturated rings. The van der Waals surface area contributed by atoms with Crippen molar-refractivity contribution in [2.75, 3.05) is 5.43 Å². The molecule has 1 N–H and O–H groups in total. The highest BCUT2D eigenvalue weighted by Crippen LogP contribution is 2.40. The van der Waals surface area contributed by atoms with Crippen LogP contribution in [0.3, 0.4) is 0 Å². The Morgan fingerprint density at radius 1 is 1.20 bits per heavy atom. The summed E-state index contributed by atoms with van der Waals surface area (Å²) in [5, 5.41) is 4.58. The number of thiophene rings is 1. The van der Waals surface area contributed by atoms with Crippen molar-refractivity contribution in [2.45, 2.75) is 12.8 Å². The molecule has 0 aliphatic heterocycles. The first-order chi connectivity index (χ1) is 12.3. The summed E-state index contributed by atoms with van der Waals surface area (Å²) < 4.78 is 14.1. The lowest BCUT2D eigenvalue weighted by atomic mass is 9.74. The lowest BCUT2D eigenvalue weighted by Gasteiger charge is -2.31. The monoisotopic (exact) mass is 350 g/mol. The van der Waals surface area contributed by atoms with Gasteiger partial charge < -0.3 is 0 Å². The summed E-state index contributed by atoms with van der Waals surface area (Å²) in [7, 11) is 0. The van der Waals surface area contributed by atoms with Crippen LogP contribution in [0, 0.1) is 17.7 Å². The van der Waals surface area contributed by atoms with Crippen LogP contribution in [0.2, 0.25) is 0 Å². The molecule has 3 aromatic rings. The fourth-order valence-corrected chi connectivity index (χ4v) is 4.53. The Bertz CT molecular complexity index is 1010. The van der Waals surface area contributed by atoms with Gasteiger partial charge in [-0.25, -0.2) is 14.4 Å². The molecule has 2 atom stereocenters. The second-order valence-corrected chi connectivity index (χ2v) is 7.46. The smallest absolute Gasteiger partial charge is 0.167 e. The van der Waals surface area contributed by atoms with Crippen molar-refractivity contribution in [3.63, 3.8) is 0 Å². The van der Waals surface area contributed by atoms with E-state index in [0.29, 0.717) is 11.8 Å². The molecule has 6 heteroatoms. The minimum atomic E-state index is -0.233. The van der Waals surface area contributed by atoms with E-state index in [2.05, 4.69) is 32.6 Å². The van der Waals surface area contributed by atoms with Gasteiger partial charge in [-0.1, -0.05) is 24.3 Å². The maximum atomic E-state index is 13.1. The van der Waals surface area contributed by atoms with Crippen LogP contribution >= 0.6 is 11.3 Å². The van der Waals surface area contributed by atoms with E-state index < -0.39 is 0 Å². The van der Waals surface area contributed by atoms with Gasteiger partial charge in [-0.05, 0) is 42.5 Å². The van der Waals surface area contributed by atoms with Crippen LogP contribution in [0.1, 0.15) is 12.8 Å². The summed E-state index contributed by atoms with van der Waals surface area (Å²) >= 11 is 1.59. The number of hydrogen-bond donors (Lipinski definition) is 1. The van der Waals surface area contributed by atoms with Gasteiger partial charge in [0, 0.05) is 16.5 Å². The number of hydrazone groups is 1. The molecule has 2 aliphatic rings. The molecule has 0 spiro atoms. The lowest BCUT2D eigenvalue weighted by Crippen LogP contribution is -2.33. The highest BCUT2D eigenvalue weighted by Gasteiger charge is 2.37. The zero-order valence-corrected chi connectivity index (χ0v) is 14.1. The molecule has 2 unspecified atom stereocenters. The average Bonchev–Trinajstić information content (AvgIpc) is 3.20. The Balaban J connectivity index is 1.45. The number of allylic oxidation sites excluding steroid dienone is 2. The predicted molar refractivity (Wildman–Crippen MR) is 99.2 cm³/mol. The van der Waals surface area contributed by atoms with Crippen molar-refractivity contribution in [3.8, 4) is 10.4 Å². The maximum Gasteiger partial charge on any atom is 0.167 e. The molecular weight excluding hydrogens is 335 g/mol. The number of halogens is 1. The molecule has 0 amide bonds. The Labute approximate surface area is 148 Å². The van der Waals surface area contributed by atoms with E-state index in [0.717, 1.165) is 39.3 Å². The number of hydrogen-bond acceptors (Lipinski definition) is 5. The maximum absolute atomic E-state index is 13.1. The standard InChI is InChI=1S/C19H15FN4S/c20-13-6-4-11(5-7-13)17-9-16-18(25-17)19(22-10-21-16)24-23-15-8-12-2-1-3-14(12)15/h1-2,4-7,9-10,12,14H,3,8H2,(H,21,22,24)/b23-15-. The van der Waals surface area contributed by atoms with E-state index in [1.54, 1.807) is 29.8 Å². The molecule has 0 saturated heterocycles. The number of anilines is 1. The third-order valence-corrected chi connectivity index (χ3v) is 6.09. The first kappa shape index (κ1) is 14.7. The molecule has 2 heterocycles. The van der Waals surface area contributed by atoms with Crippen LogP contribution in [-0.2, 0) is 0 Å². The molecule has 2 aromatic heterocycles. The fraction of sp³-hybridized carbons (Fsp3) is 0.211. The summed E-state index contributed by atoms with van der Waals surface area (Å²) in [5.74, 6) is 1.74. The number of nitrogens with one attached hydrogen (secondary N) is 1. The number of nitrogens with zero attached hydrogens (tertiary/aromatic N) is 3. The van der Waals surface area contributed by atoms with Crippen LogP contribution in [0.25, 0.3) is 20.7 Å². The number of rotatable bonds is 3. The molecule has 2 aliphatic carbocycles. The van der Waals surface area contributed by atoms with Crippen LogP contribution in [0.5, 0.6) is 0 Å². The zero-order chi connectivity index (χ0) is 16.8. The van der Waals surface area contributed by atoms with Gasteiger partial charge in [0.1, 0.15) is 12.1 Å². The zero-order valence-electron chi connectivity index (χ0n) is 13.3. The van der Waals surface area contributed by atoms with Crippen LogP contribution in [-0.4, -0.2) is 15.7 Å². The predicted octanol–water partition coefficient (Wildman–Crippen LogP) is 4.86. The Hall–Kier alpha value is -2.60. The number of aromatic nitrogens is 2. The van der Waals surface area contributed by atoms with Gasteiger partial charge in [0.2, 0.25) is 0 Å². The van der Waals surface area contributed by atoms with E-state index in [1.807, 2.05) is 6.07 Å². The second-order valence-electron chi connectivity index (χ2n) is 6.41. The first-order valence-electron chi connectivity index (χ1n) is 8.27. The summed E-state index contributed by atoms with van der Waals surface area (Å²) in [6.07, 6.45) is 8.22. The number of benzene rings is 1. The molecule has 1 saturated carbocycles. The van der Waals surface area contributed by atoms with Gasteiger partial charge in [-0.2, -0.15) is 5.10 Å². The van der Waals surface area contributed by atoms with E-state index in [9.17, 15) is 4.39 Å². The third kappa shape index (κ3) is 2.53. The van der Waals surface area contributed by atoms with Crippen molar-refractivity contribution in [1.29, 1.82) is 0 Å². The largest absolute Gasteiger partial charge is 0.260 e. The van der Waals surface area contributed by atoms with Crippen molar-refractivity contribution >= 4 is 33.1 Å². The molecule has 0 radical (unpaired) electrons. The van der Waals surface area contributed by atoms with Gasteiger partial charge in [0.05, 0.1) is 10.2 Å². The van der Waals surface area contributed by atoms with Crippen molar-refractivity contribution < 1.29 is 4.39 Å². The highest BCUT2D eigenvalue weighted by atomic mass is 32.1. The van der Waals surface area contributed by atoms with Gasteiger partial charge in [-0.15, -0.1) is 11.3 Å². The Morgan fingerprint density at radius 3 is 2.92 bits per heavy atom. The van der Waals surface area contributed by atoms with E-state index in [-0.39, 0.29) is 5.82 Å². The summed E-state index contributed by atoms with van der Waals surface area (Å²) in [6.45, 7) is 0. The summed E-state index contributed by atoms with van der Waals surface area (Å²) in [4.78, 5) is 9.73. The minimum absolute atomic E-state index is 0.233. The Kier molecular flexibility index (Phi) is 3.38. The van der Waals surface area contributed by atoms with Crippen LogP contribution in [0.15, 0.2) is 53.9 Å². The third-order valence-electron chi connectivity index (χ3n) is 4.91. The number of fused-ring (bicyclic) bond motifs is 2.